The quantitative estimate of drug-likeness (QED) is 0.828. The SMILES string of the molecule is FC(F)COc1cccc(CNc2cc(N3CCOCC3)ncn2)c1. The molecule has 25 heavy (non-hydrogen) atoms. The van der Waals surface area contributed by atoms with Crippen molar-refractivity contribution in [1.82, 2.24) is 9.97 Å². The number of rotatable bonds is 7. The van der Waals surface area contributed by atoms with Gasteiger partial charge in [-0.3, -0.25) is 0 Å². The van der Waals surface area contributed by atoms with E-state index in [0.717, 1.165) is 24.5 Å². The van der Waals surface area contributed by atoms with Gasteiger partial charge in [0.1, 0.15) is 30.3 Å². The number of hydrogen-bond donors (Lipinski definition) is 1. The molecule has 1 aromatic heterocycles. The monoisotopic (exact) mass is 350 g/mol. The second-order valence-corrected chi connectivity index (χ2v) is 5.56. The molecule has 2 heterocycles. The van der Waals surface area contributed by atoms with Crippen LogP contribution in [0.15, 0.2) is 36.7 Å². The van der Waals surface area contributed by atoms with Gasteiger partial charge in [-0.15, -0.1) is 0 Å². The van der Waals surface area contributed by atoms with Crippen molar-refractivity contribution in [3.05, 3.63) is 42.2 Å². The fourth-order valence-electron chi connectivity index (χ4n) is 2.51. The lowest BCUT2D eigenvalue weighted by molar-refractivity contribution is 0.0818. The number of anilines is 2. The predicted octanol–water partition coefficient (Wildman–Crippen LogP) is 2.57. The van der Waals surface area contributed by atoms with Crippen molar-refractivity contribution in [2.75, 3.05) is 43.1 Å². The number of ether oxygens (including phenoxy) is 2. The first-order valence-electron chi connectivity index (χ1n) is 8.09. The molecule has 6 nitrogen and oxygen atoms in total. The minimum Gasteiger partial charge on any atom is -0.488 e. The normalized spacial score (nSPS) is 14.6. The standard InChI is InChI=1S/C17H20F2N4O2/c18-15(19)11-25-14-3-1-2-13(8-14)10-20-16-9-17(22-12-21-16)23-4-6-24-7-5-23/h1-3,8-9,12,15H,4-7,10-11H2,(H,20,21,22). The second kappa shape index (κ2) is 8.57. The maximum absolute atomic E-state index is 12.2. The first kappa shape index (κ1) is 17.3. The Morgan fingerprint density at radius 2 is 2.04 bits per heavy atom. The molecule has 2 aromatic rings. The number of benzene rings is 1. The predicted molar refractivity (Wildman–Crippen MR) is 90.3 cm³/mol. The Hall–Kier alpha value is -2.48. The number of nitrogens with zero attached hydrogens (tertiary/aromatic N) is 3. The van der Waals surface area contributed by atoms with Gasteiger partial charge in [0.15, 0.2) is 0 Å². The summed E-state index contributed by atoms with van der Waals surface area (Å²) in [6.07, 6.45) is -0.962. The Balaban J connectivity index is 1.59. The summed E-state index contributed by atoms with van der Waals surface area (Å²) >= 11 is 0. The van der Waals surface area contributed by atoms with Gasteiger partial charge in [0.2, 0.25) is 0 Å². The number of morpholine rings is 1. The van der Waals surface area contributed by atoms with E-state index in [9.17, 15) is 8.78 Å². The lowest BCUT2D eigenvalue weighted by Crippen LogP contribution is -2.36. The van der Waals surface area contributed by atoms with Crippen molar-refractivity contribution < 1.29 is 18.3 Å². The van der Waals surface area contributed by atoms with Crippen LogP contribution in [0.4, 0.5) is 20.4 Å². The van der Waals surface area contributed by atoms with E-state index in [1.54, 1.807) is 18.2 Å². The van der Waals surface area contributed by atoms with E-state index >= 15 is 0 Å². The summed E-state index contributed by atoms with van der Waals surface area (Å²) in [6, 6.07) is 8.96. The average Bonchev–Trinajstić information content (AvgIpc) is 2.66. The molecule has 1 aromatic carbocycles. The first-order chi connectivity index (χ1) is 12.2. The van der Waals surface area contributed by atoms with Gasteiger partial charge < -0.3 is 19.7 Å². The summed E-state index contributed by atoms with van der Waals surface area (Å²) in [7, 11) is 0. The lowest BCUT2D eigenvalue weighted by atomic mass is 10.2. The molecule has 1 aliphatic rings. The molecule has 0 aliphatic carbocycles. The van der Waals surface area contributed by atoms with Crippen LogP contribution in [0.25, 0.3) is 0 Å². The molecule has 0 atom stereocenters. The van der Waals surface area contributed by atoms with Crippen LogP contribution in [0.2, 0.25) is 0 Å². The fourth-order valence-corrected chi connectivity index (χ4v) is 2.51. The summed E-state index contributed by atoms with van der Waals surface area (Å²) in [5, 5.41) is 3.22. The summed E-state index contributed by atoms with van der Waals surface area (Å²) in [5.41, 5.74) is 0.915. The number of alkyl halides is 2. The molecule has 0 spiro atoms. The molecule has 134 valence electrons. The molecule has 0 bridgehead atoms. The number of hydrogen-bond acceptors (Lipinski definition) is 6. The van der Waals surface area contributed by atoms with E-state index in [0.29, 0.717) is 31.3 Å². The number of nitrogens with one attached hydrogen (secondary N) is 1. The zero-order chi connectivity index (χ0) is 17.5. The third kappa shape index (κ3) is 5.25. The van der Waals surface area contributed by atoms with E-state index in [4.69, 9.17) is 9.47 Å². The van der Waals surface area contributed by atoms with Crippen LogP contribution >= 0.6 is 0 Å². The molecule has 1 saturated heterocycles. The van der Waals surface area contributed by atoms with Gasteiger partial charge in [0, 0.05) is 25.7 Å². The van der Waals surface area contributed by atoms with Crippen molar-refractivity contribution in [3.8, 4) is 5.75 Å². The van der Waals surface area contributed by atoms with E-state index in [-0.39, 0.29) is 0 Å². The molecule has 0 saturated carbocycles. The molecule has 0 amide bonds. The first-order valence-corrected chi connectivity index (χ1v) is 8.09. The summed E-state index contributed by atoms with van der Waals surface area (Å²) in [5.74, 6) is 1.99. The number of halogens is 2. The van der Waals surface area contributed by atoms with Crippen LogP contribution in [-0.4, -0.2) is 49.3 Å². The highest BCUT2D eigenvalue weighted by Gasteiger charge is 2.13. The molecular weight excluding hydrogens is 330 g/mol. The van der Waals surface area contributed by atoms with Crippen LogP contribution in [0, 0.1) is 0 Å². The summed E-state index contributed by atoms with van der Waals surface area (Å²) < 4.78 is 34.8. The molecular formula is C17H20F2N4O2. The topological polar surface area (TPSA) is 59.5 Å². The molecule has 1 fully saturated rings. The second-order valence-electron chi connectivity index (χ2n) is 5.56. The number of aromatic nitrogens is 2. The Kier molecular flexibility index (Phi) is 5.95. The highest BCUT2D eigenvalue weighted by Crippen LogP contribution is 2.18. The summed E-state index contributed by atoms with van der Waals surface area (Å²) in [6.45, 7) is 2.90. The summed E-state index contributed by atoms with van der Waals surface area (Å²) in [4.78, 5) is 10.7. The van der Waals surface area contributed by atoms with E-state index in [1.807, 2.05) is 12.1 Å². The average molecular weight is 350 g/mol. The van der Waals surface area contributed by atoms with Crippen molar-refractivity contribution in [3.63, 3.8) is 0 Å². The van der Waals surface area contributed by atoms with Crippen LogP contribution in [0.1, 0.15) is 5.56 Å². The van der Waals surface area contributed by atoms with Gasteiger partial charge in [-0.05, 0) is 17.7 Å². The lowest BCUT2D eigenvalue weighted by Gasteiger charge is -2.27. The fraction of sp³-hybridized carbons (Fsp3) is 0.412. The Bertz CT molecular complexity index is 681. The Labute approximate surface area is 144 Å². The van der Waals surface area contributed by atoms with E-state index in [2.05, 4.69) is 20.2 Å². The van der Waals surface area contributed by atoms with Crippen LogP contribution in [0.5, 0.6) is 5.75 Å². The minimum absolute atomic E-state index is 0.427. The zero-order valence-corrected chi connectivity index (χ0v) is 13.7. The highest BCUT2D eigenvalue weighted by molar-refractivity contribution is 5.49. The smallest absolute Gasteiger partial charge is 0.272 e. The maximum atomic E-state index is 12.2. The van der Waals surface area contributed by atoms with Crippen molar-refractivity contribution >= 4 is 11.6 Å². The van der Waals surface area contributed by atoms with Crippen molar-refractivity contribution in [2.24, 2.45) is 0 Å². The third-order valence-corrected chi connectivity index (χ3v) is 3.74. The van der Waals surface area contributed by atoms with Gasteiger partial charge in [-0.2, -0.15) is 0 Å². The van der Waals surface area contributed by atoms with Gasteiger partial charge >= 0.3 is 0 Å². The van der Waals surface area contributed by atoms with E-state index < -0.39 is 13.0 Å². The molecule has 1 N–H and O–H groups in total. The van der Waals surface area contributed by atoms with Crippen LogP contribution in [0.3, 0.4) is 0 Å². The van der Waals surface area contributed by atoms with Gasteiger partial charge in [0.25, 0.3) is 6.43 Å². The third-order valence-electron chi connectivity index (χ3n) is 3.74. The maximum Gasteiger partial charge on any atom is 0.272 e. The van der Waals surface area contributed by atoms with Crippen LogP contribution in [-0.2, 0) is 11.3 Å². The van der Waals surface area contributed by atoms with Gasteiger partial charge in [-0.1, -0.05) is 12.1 Å². The van der Waals surface area contributed by atoms with Gasteiger partial charge in [0.05, 0.1) is 13.2 Å². The van der Waals surface area contributed by atoms with Gasteiger partial charge in [-0.25, -0.2) is 18.7 Å². The largest absolute Gasteiger partial charge is 0.488 e. The molecule has 3 rings (SSSR count). The Morgan fingerprint density at radius 3 is 2.84 bits per heavy atom. The minimum atomic E-state index is -2.48. The molecule has 0 radical (unpaired) electrons. The highest BCUT2D eigenvalue weighted by atomic mass is 19.3. The Morgan fingerprint density at radius 1 is 1.20 bits per heavy atom. The van der Waals surface area contributed by atoms with E-state index in [1.165, 1.54) is 6.33 Å². The van der Waals surface area contributed by atoms with Crippen molar-refractivity contribution in [1.29, 1.82) is 0 Å². The molecule has 0 unspecified atom stereocenters. The molecule has 8 heteroatoms. The van der Waals surface area contributed by atoms with Crippen molar-refractivity contribution in [2.45, 2.75) is 13.0 Å². The zero-order valence-electron chi connectivity index (χ0n) is 13.7. The van der Waals surface area contributed by atoms with Crippen LogP contribution < -0.4 is 15.0 Å². The molecule has 1 aliphatic heterocycles.